The van der Waals surface area contributed by atoms with Gasteiger partial charge in [0, 0.05) is 10.6 Å². The zero-order valence-corrected chi connectivity index (χ0v) is 11.4. The molecule has 6 nitrogen and oxygen atoms in total. The molecule has 0 spiro atoms. The van der Waals surface area contributed by atoms with Crippen LogP contribution in [0.5, 0.6) is 0 Å². The van der Waals surface area contributed by atoms with Crippen LogP contribution in [0.1, 0.15) is 20.7 Å². The Kier molecular flexibility index (Phi) is 2.76. The highest BCUT2D eigenvalue weighted by molar-refractivity contribution is 7.74. The second-order valence-electron chi connectivity index (χ2n) is 4.65. The van der Waals surface area contributed by atoms with Gasteiger partial charge in [0.1, 0.15) is 0 Å². The van der Waals surface area contributed by atoms with E-state index in [1.807, 2.05) is 0 Å². The molecule has 1 aliphatic rings. The number of rotatable bonds is 2. The minimum atomic E-state index is -3.81. The third kappa shape index (κ3) is 1.88. The van der Waals surface area contributed by atoms with Gasteiger partial charge in [-0.05, 0) is 47.5 Å². The van der Waals surface area contributed by atoms with Crippen LogP contribution in [0.15, 0.2) is 36.4 Å². The molecule has 2 aromatic carbocycles. The van der Waals surface area contributed by atoms with Gasteiger partial charge in [-0.3, -0.25) is 4.57 Å². The molecule has 2 aromatic rings. The third-order valence-electron chi connectivity index (χ3n) is 3.43. The minimum Gasteiger partial charge on any atom is -0.478 e. The molecule has 0 radical (unpaired) electrons. The second-order valence-corrected chi connectivity index (χ2v) is 6.77. The Labute approximate surface area is 118 Å². The first kappa shape index (κ1) is 13.5. The van der Waals surface area contributed by atoms with Crippen LogP contribution in [0.3, 0.4) is 0 Å². The lowest BCUT2D eigenvalue weighted by molar-refractivity contribution is 0.0686. The Morgan fingerprint density at radius 2 is 1.19 bits per heavy atom. The van der Waals surface area contributed by atoms with Crippen molar-refractivity contribution in [2.24, 2.45) is 0 Å². The van der Waals surface area contributed by atoms with Crippen LogP contribution in [0.2, 0.25) is 0 Å². The lowest BCUT2D eigenvalue weighted by Gasteiger charge is -2.06. The van der Waals surface area contributed by atoms with Crippen molar-refractivity contribution >= 4 is 29.9 Å². The van der Waals surface area contributed by atoms with Gasteiger partial charge >= 0.3 is 11.9 Å². The van der Waals surface area contributed by atoms with E-state index >= 15 is 0 Å². The number of carboxylic acid groups (broad SMARTS) is 2. The van der Waals surface area contributed by atoms with Crippen molar-refractivity contribution in [2.75, 3.05) is 0 Å². The van der Waals surface area contributed by atoms with Gasteiger partial charge in [0.15, 0.2) is 0 Å². The summed E-state index contributed by atoms with van der Waals surface area (Å²) in [4.78, 5) is 32.3. The molecule has 1 heterocycles. The van der Waals surface area contributed by atoms with Gasteiger partial charge in [-0.25, -0.2) is 9.59 Å². The average molecular weight is 304 g/mol. The molecule has 0 aromatic heterocycles. The molecule has 0 amide bonds. The van der Waals surface area contributed by atoms with E-state index in [1.54, 1.807) is 0 Å². The van der Waals surface area contributed by atoms with Crippen LogP contribution in [-0.4, -0.2) is 27.0 Å². The molecular formula is C14H9O6P. The zero-order chi connectivity index (χ0) is 15.4. The summed E-state index contributed by atoms with van der Waals surface area (Å²) >= 11 is 0. The van der Waals surface area contributed by atoms with Crippen LogP contribution >= 0.6 is 7.37 Å². The fourth-order valence-electron chi connectivity index (χ4n) is 2.43. The molecular weight excluding hydrogens is 295 g/mol. The van der Waals surface area contributed by atoms with Crippen LogP contribution in [0.25, 0.3) is 11.1 Å². The lowest BCUT2D eigenvalue weighted by Crippen LogP contribution is -2.10. The van der Waals surface area contributed by atoms with Crippen molar-refractivity contribution in [3.63, 3.8) is 0 Å². The molecule has 0 saturated heterocycles. The van der Waals surface area contributed by atoms with Gasteiger partial charge in [0.2, 0.25) is 0 Å². The number of aromatic carboxylic acids is 2. The molecule has 3 N–H and O–H groups in total. The number of carboxylic acids is 2. The maximum atomic E-state index is 12.5. The van der Waals surface area contributed by atoms with Crippen LogP contribution in [0.4, 0.5) is 0 Å². The average Bonchev–Trinajstić information content (AvgIpc) is 2.67. The fraction of sp³-hybridized carbons (Fsp3) is 0. The van der Waals surface area contributed by atoms with Gasteiger partial charge in [0.05, 0.1) is 11.1 Å². The van der Waals surface area contributed by atoms with Crippen LogP contribution in [-0.2, 0) is 4.57 Å². The highest BCUT2D eigenvalue weighted by atomic mass is 31.2. The summed E-state index contributed by atoms with van der Waals surface area (Å²) in [5.41, 5.74) is 0.530. The molecule has 0 atom stereocenters. The normalized spacial score (nSPS) is 14.3. The van der Waals surface area contributed by atoms with E-state index in [0.29, 0.717) is 11.1 Å². The molecule has 0 unspecified atom stereocenters. The van der Waals surface area contributed by atoms with Gasteiger partial charge in [-0.1, -0.05) is 0 Å². The summed E-state index contributed by atoms with van der Waals surface area (Å²) in [5, 5.41) is 18.3. The van der Waals surface area contributed by atoms with Gasteiger partial charge in [0.25, 0.3) is 7.37 Å². The molecule has 21 heavy (non-hydrogen) atoms. The fourth-order valence-corrected chi connectivity index (χ4v) is 4.26. The van der Waals surface area contributed by atoms with E-state index < -0.39 is 19.3 Å². The lowest BCUT2D eigenvalue weighted by atomic mass is 10.0. The van der Waals surface area contributed by atoms with Crippen molar-refractivity contribution in [1.29, 1.82) is 0 Å². The zero-order valence-electron chi connectivity index (χ0n) is 10.5. The standard InChI is InChI=1S/C14H9O6P/c15-13(16)7-1-3-11-9(5-7)10-6-8(14(17)18)2-4-12(10)21(11,19)20/h1-6H,(H,15,16)(H,17,18)(H,19,20). The summed E-state index contributed by atoms with van der Waals surface area (Å²) in [5.74, 6) is -2.32. The molecule has 0 bridgehead atoms. The smallest absolute Gasteiger partial charge is 0.335 e. The molecule has 0 saturated carbocycles. The summed E-state index contributed by atoms with van der Waals surface area (Å²) in [6.07, 6.45) is 0. The molecule has 106 valence electrons. The van der Waals surface area contributed by atoms with Crippen LogP contribution in [0, 0.1) is 0 Å². The first-order chi connectivity index (χ1) is 9.82. The largest absolute Gasteiger partial charge is 0.478 e. The van der Waals surface area contributed by atoms with Gasteiger partial charge in [-0.2, -0.15) is 0 Å². The van der Waals surface area contributed by atoms with E-state index in [-0.39, 0.29) is 21.7 Å². The summed E-state index contributed by atoms with van der Waals surface area (Å²) in [7, 11) is -3.81. The monoisotopic (exact) mass is 304 g/mol. The molecule has 0 aliphatic carbocycles. The number of hydrogen-bond acceptors (Lipinski definition) is 3. The van der Waals surface area contributed by atoms with Crippen molar-refractivity contribution in [1.82, 2.24) is 0 Å². The number of benzene rings is 2. The Hall–Kier alpha value is -2.43. The second kappa shape index (κ2) is 4.28. The molecule has 1 aliphatic heterocycles. The van der Waals surface area contributed by atoms with Crippen molar-refractivity contribution < 1.29 is 29.3 Å². The Morgan fingerprint density at radius 3 is 1.52 bits per heavy atom. The maximum absolute atomic E-state index is 12.5. The van der Waals surface area contributed by atoms with E-state index in [0.717, 1.165) is 0 Å². The Balaban J connectivity index is 2.34. The number of carbonyl (C=O) groups is 2. The predicted molar refractivity (Wildman–Crippen MR) is 74.9 cm³/mol. The molecule has 3 rings (SSSR count). The van der Waals surface area contributed by atoms with E-state index in [1.165, 1.54) is 36.4 Å². The maximum Gasteiger partial charge on any atom is 0.335 e. The van der Waals surface area contributed by atoms with E-state index in [2.05, 4.69) is 0 Å². The summed E-state index contributed by atoms with van der Waals surface area (Å²) in [6, 6.07) is 7.71. The van der Waals surface area contributed by atoms with E-state index in [4.69, 9.17) is 10.2 Å². The number of fused-ring (bicyclic) bond motifs is 3. The number of hydrogen-bond donors (Lipinski definition) is 3. The van der Waals surface area contributed by atoms with Crippen molar-refractivity contribution in [3.8, 4) is 11.1 Å². The highest BCUT2D eigenvalue weighted by Gasteiger charge is 2.38. The first-order valence-electron chi connectivity index (χ1n) is 5.91. The Morgan fingerprint density at radius 1 is 0.810 bits per heavy atom. The quantitative estimate of drug-likeness (QED) is 0.721. The van der Waals surface area contributed by atoms with Gasteiger partial charge in [-0.15, -0.1) is 0 Å². The topological polar surface area (TPSA) is 112 Å². The molecule has 0 fully saturated rings. The van der Waals surface area contributed by atoms with Gasteiger partial charge < -0.3 is 15.1 Å². The summed E-state index contributed by atoms with van der Waals surface area (Å²) < 4.78 is 12.5. The minimum absolute atomic E-state index is 0.0256. The SMILES string of the molecule is O=C(O)c1ccc2c(c1)-c1cc(C(=O)O)ccc1P2(=O)O. The van der Waals surface area contributed by atoms with Crippen molar-refractivity contribution in [3.05, 3.63) is 47.5 Å². The van der Waals surface area contributed by atoms with E-state index in [9.17, 15) is 19.0 Å². The first-order valence-corrected chi connectivity index (χ1v) is 7.57. The third-order valence-corrected chi connectivity index (χ3v) is 5.52. The molecule has 7 heteroatoms. The summed E-state index contributed by atoms with van der Waals surface area (Å²) in [6.45, 7) is 0. The predicted octanol–water partition coefficient (Wildman–Crippen LogP) is 1.28. The van der Waals surface area contributed by atoms with Crippen molar-refractivity contribution in [2.45, 2.75) is 0 Å². The Bertz CT molecular complexity index is 787. The highest BCUT2D eigenvalue weighted by Crippen LogP contribution is 2.49. The van der Waals surface area contributed by atoms with Crippen LogP contribution < -0.4 is 10.6 Å².